The third-order valence-corrected chi connectivity index (χ3v) is 2.17. The number of aliphatic carboxylic acids is 1. The lowest BCUT2D eigenvalue weighted by atomic mass is 10.1. The lowest BCUT2D eigenvalue weighted by molar-refractivity contribution is -0.138. The Morgan fingerprint density at radius 1 is 1.40 bits per heavy atom. The van der Waals surface area contributed by atoms with E-state index in [0.717, 1.165) is 0 Å². The zero-order valence-electron chi connectivity index (χ0n) is 7.64. The van der Waals surface area contributed by atoms with Crippen molar-refractivity contribution in [3.05, 3.63) is 23.8 Å². The highest BCUT2D eigenvalue weighted by Gasteiger charge is 2.16. The average Bonchev–Trinajstić information content (AvgIpc) is 2.19. The number of carbonyl (C=O) groups is 1. The van der Waals surface area contributed by atoms with Crippen molar-refractivity contribution in [2.24, 2.45) is 0 Å². The smallest absolute Gasteiger partial charge is 0.322 e. The minimum atomic E-state index is -1.09. The van der Waals surface area contributed by atoms with Crippen molar-refractivity contribution in [2.75, 3.05) is 0 Å². The van der Waals surface area contributed by atoms with Gasteiger partial charge in [0.25, 0.3) is 0 Å². The quantitative estimate of drug-likeness (QED) is 0.455. The molecule has 1 aromatic carbocycles. The molecule has 0 fully saturated rings. The van der Waals surface area contributed by atoms with Gasteiger partial charge in [0.1, 0.15) is 6.04 Å². The normalized spacial score (nSPS) is 12.3. The molecule has 15 heavy (non-hydrogen) atoms. The topological polar surface area (TPSA) is 89.8 Å². The van der Waals surface area contributed by atoms with Crippen LogP contribution < -0.4 is 4.84 Å². The van der Waals surface area contributed by atoms with Crippen LogP contribution in [0.5, 0.6) is 11.5 Å². The van der Waals surface area contributed by atoms with E-state index in [9.17, 15) is 9.90 Å². The van der Waals surface area contributed by atoms with Gasteiger partial charge in [0.15, 0.2) is 11.5 Å². The Morgan fingerprint density at radius 2 is 2.07 bits per heavy atom. The van der Waals surface area contributed by atoms with Crippen LogP contribution in [0, 0.1) is 0 Å². The summed E-state index contributed by atoms with van der Waals surface area (Å²) in [5.74, 6) is -1.62. The summed E-state index contributed by atoms with van der Waals surface area (Å²) in [6.45, 7) is 0. The van der Waals surface area contributed by atoms with Crippen LogP contribution in [0.1, 0.15) is 5.56 Å². The molecule has 0 aliphatic heterocycles. The Balaban J connectivity index is 2.80. The third-order valence-electron chi connectivity index (χ3n) is 1.91. The summed E-state index contributed by atoms with van der Waals surface area (Å²) in [7, 11) is 0. The number of rotatable bonds is 4. The van der Waals surface area contributed by atoms with Crippen molar-refractivity contribution in [3.8, 4) is 11.5 Å². The Bertz CT molecular complexity index is 369. The molecule has 6 heteroatoms. The maximum Gasteiger partial charge on any atom is 0.322 e. The number of aromatic hydroxyl groups is 2. The maximum absolute atomic E-state index is 10.6. The van der Waals surface area contributed by atoms with Crippen molar-refractivity contribution in [1.29, 1.82) is 0 Å². The van der Waals surface area contributed by atoms with Crippen LogP contribution in [0.15, 0.2) is 18.2 Å². The minimum absolute atomic E-state index is 0.118. The first-order chi connectivity index (χ1) is 7.04. The fourth-order valence-corrected chi connectivity index (χ4v) is 1.27. The largest absolute Gasteiger partial charge is 0.504 e. The molecule has 1 rings (SSSR count). The van der Waals surface area contributed by atoms with Gasteiger partial charge in [-0.1, -0.05) is 6.07 Å². The van der Waals surface area contributed by atoms with E-state index in [0.29, 0.717) is 5.56 Å². The molecule has 0 amide bonds. The van der Waals surface area contributed by atoms with Crippen molar-refractivity contribution in [2.45, 2.75) is 12.5 Å². The van der Waals surface area contributed by atoms with E-state index >= 15 is 0 Å². The standard InChI is InChI=1S/C9H10ClNO4/c10-11-6(9(14)15)3-5-1-2-7(12)8(13)4-5/h1-2,4,6,11-13H,3H2,(H,14,15)/t6-/m0/s1. The zero-order valence-corrected chi connectivity index (χ0v) is 8.40. The molecule has 0 saturated carbocycles. The zero-order chi connectivity index (χ0) is 11.4. The van der Waals surface area contributed by atoms with Gasteiger partial charge >= 0.3 is 5.97 Å². The van der Waals surface area contributed by atoms with Crippen molar-refractivity contribution in [3.63, 3.8) is 0 Å². The fraction of sp³-hybridized carbons (Fsp3) is 0.222. The summed E-state index contributed by atoms with van der Waals surface area (Å²) in [5, 5.41) is 26.9. The highest BCUT2D eigenvalue weighted by atomic mass is 35.5. The number of phenols is 2. The Morgan fingerprint density at radius 3 is 2.53 bits per heavy atom. The van der Waals surface area contributed by atoms with Crippen LogP contribution in [0.25, 0.3) is 0 Å². The Labute approximate surface area is 91.0 Å². The van der Waals surface area contributed by atoms with Gasteiger partial charge in [-0.25, -0.2) is 4.84 Å². The Hall–Kier alpha value is -1.46. The van der Waals surface area contributed by atoms with E-state index in [4.69, 9.17) is 22.0 Å². The number of hydrogen-bond acceptors (Lipinski definition) is 4. The second-order valence-corrected chi connectivity index (χ2v) is 3.25. The summed E-state index contributed by atoms with van der Waals surface area (Å²) >= 11 is 5.24. The number of nitrogens with one attached hydrogen (secondary N) is 1. The molecule has 4 N–H and O–H groups in total. The summed E-state index contributed by atoms with van der Waals surface area (Å²) in [6, 6.07) is 3.16. The lowest BCUT2D eigenvalue weighted by Crippen LogP contribution is -2.32. The lowest BCUT2D eigenvalue weighted by Gasteiger charge is -2.09. The SMILES string of the molecule is O=C(O)[C@H](Cc1ccc(O)c(O)c1)NCl. The van der Waals surface area contributed by atoms with Gasteiger partial charge in [0, 0.05) is 0 Å². The van der Waals surface area contributed by atoms with Gasteiger partial charge in [0.2, 0.25) is 0 Å². The van der Waals surface area contributed by atoms with E-state index in [1.165, 1.54) is 18.2 Å². The average molecular weight is 232 g/mol. The first-order valence-corrected chi connectivity index (χ1v) is 4.52. The Kier molecular flexibility index (Phi) is 3.76. The monoisotopic (exact) mass is 231 g/mol. The van der Waals surface area contributed by atoms with Gasteiger partial charge in [-0.05, 0) is 35.9 Å². The van der Waals surface area contributed by atoms with E-state index in [-0.39, 0.29) is 17.9 Å². The molecular weight excluding hydrogens is 222 g/mol. The summed E-state index contributed by atoms with van der Waals surface area (Å²) in [5.41, 5.74) is 0.561. The van der Waals surface area contributed by atoms with Crippen molar-refractivity contribution < 1.29 is 20.1 Å². The van der Waals surface area contributed by atoms with Crippen molar-refractivity contribution in [1.82, 2.24) is 4.84 Å². The number of carboxylic acids is 1. The van der Waals surface area contributed by atoms with Crippen LogP contribution in [0.2, 0.25) is 0 Å². The predicted molar refractivity (Wildman–Crippen MR) is 53.9 cm³/mol. The van der Waals surface area contributed by atoms with Crippen LogP contribution in [-0.4, -0.2) is 27.3 Å². The molecule has 0 spiro atoms. The van der Waals surface area contributed by atoms with Gasteiger partial charge in [-0.15, -0.1) is 0 Å². The highest BCUT2D eigenvalue weighted by Crippen LogP contribution is 2.25. The highest BCUT2D eigenvalue weighted by molar-refractivity contribution is 6.14. The molecule has 0 radical (unpaired) electrons. The first-order valence-electron chi connectivity index (χ1n) is 4.14. The van der Waals surface area contributed by atoms with Crippen LogP contribution in [0.3, 0.4) is 0 Å². The molecular formula is C9H10ClNO4. The molecule has 0 aliphatic rings. The van der Waals surface area contributed by atoms with Crippen LogP contribution in [0.4, 0.5) is 0 Å². The number of phenolic OH excluding ortho intramolecular Hbond substituents is 2. The van der Waals surface area contributed by atoms with Crippen molar-refractivity contribution >= 4 is 17.7 Å². The van der Waals surface area contributed by atoms with Gasteiger partial charge in [-0.3, -0.25) is 4.79 Å². The molecule has 1 atom stereocenters. The van der Waals surface area contributed by atoms with E-state index in [1.807, 2.05) is 0 Å². The predicted octanol–water partition coefficient (Wildman–Crippen LogP) is 0.837. The number of benzene rings is 1. The third kappa shape index (κ3) is 3.00. The summed E-state index contributed by atoms with van der Waals surface area (Å²) < 4.78 is 0. The molecule has 0 bridgehead atoms. The summed E-state index contributed by atoms with van der Waals surface area (Å²) in [4.78, 5) is 12.7. The maximum atomic E-state index is 10.6. The molecule has 0 heterocycles. The molecule has 1 aromatic rings. The molecule has 0 saturated heterocycles. The van der Waals surface area contributed by atoms with Crippen LogP contribution >= 0.6 is 11.8 Å². The molecule has 82 valence electrons. The van der Waals surface area contributed by atoms with Gasteiger partial charge in [0.05, 0.1) is 0 Å². The molecule has 0 unspecified atom stereocenters. The first kappa shape index (κ1) is 11.6. The molecule has 5 nitrogen and oxygen atoms in total. The molecule has 0 aromatic heterocycles. The van der Waals surface area contributed by atoms with E-state index < -0.39 is 12.0 Å². The van der Waals surface area contributed by atoms with E-state index in [2.05, 4.69) is 4.84 Å². The second kappa shape index (κ2) is 4.86. The molecule has 0 aliphatic carbocycles. The van der Waals surface area contributed by atoms with Crippen LogP contribution in [-0.2, 0) is 11.2 Å². The van der Waals surface area contributed by atoms with E-state index in [1.54, 1.807) is 0 Å². The number of carboxylic acid groups (broad SMARTS) is 1. The second-order valence-electron chi connectivity index (χ2n) is 3.03. The van der Waals surface area contributed by atoms with Gasteiger partial charge in [-0.2, -0.15) is 0 Å². The number of hydrogen-bond donors (Lipinski definition) is 4. The van der Waals surface area contributed by atoms with Gasteiger partial charge < -0.3 is 15.3 Å². The fourth-order valence-electron chi connectivity index (χ4n) is 1.10. The number of halogens is 1. The summed E-state index contributed by atoms with van der Waals surface area (Å²) in [6.07, 6.45) is 0.118. The minimum Gasteiger partial charge on any atom is -0.504 e.